The molecule has 0 saturated carbocycles. The SMILES string of the molecule is Cc1ccc(COc2ccc(C[C@@H](C)N(C)CC(=O)O)cc2)cc1.Cl.O=C=O. The molecule has 1 atom stereocenters. The second-order valence-corrected chi connectivity index (χ2v) is 6.36. The number of ether oxygens (including phenoxy) is 1. The van der Waals surface area contributed by atoms with Crippen LogP contribution in [0.2, 0.25) is 0 Å². The molecule has 0 aliphatic rings. The summed E-state index contributed by atoms with van der Waals surface area (Å²) >= 11 is 0. The van der Waals surface area contributed by atoms with Crippen molar-refractivity contribution in [2.24, 2.45) is 0 Å². The van der Waals surface area contributed by atoms with Gasteiger partial charge in [-0.3, -0.25) is 9.69 Å². The van der Waals surface area contributed by atoms with Gasteiger partial charge in [-0.1, -0.05) is 42.0 Å². The molecule has 0 spiro atoms. The van der Waals surface area contributed by atoms with Crippen LogP contribution < -0.4 is 4.74 Å². The maximum absolute atomic E-state index is 10.8. The first-order valence-electron chi connectivity index (χ1n) is 8.54. The predicted octanol–water partition coefficient (Wildman–Crippen LogP) is 3.36. The van der Waals surface area contributed by atoms with Gasteiger partial charge in [0, 0.05) is 6.04 Å². The Bertz CT molecular complexity index is 740. The normalized spacial score (nSPS) is 10.7. The molecule has 2 aromatic rings. The summed E-state index contributed by atoms with van der Waals surface area (Å²) < 4.78 is 5.80. The molecule has 0 saturated heterocycles. The molecule has 152 valence electrons. The minimum atomic E-state index is -0.802. The number of aryl methyl sites for hydroxylation is 1. The minimum Gasteiger partial charge on any atom is -0.489 e. The average molecular weight is 408 g/mol. The van der Waals surface area contributed by atoms with Crippen molar-refractivity contribution in [2.75, 3.05) is 13.6 Å². The van der Waals surface area contributed by atoms with Crippen LogP contribution in [0.15, 0.2) is 48.5 Å². The third-order valence-electron chi connectivity index (χ3n) is 4.12. The van der Waals surface area contributed by atoms with Crippen molar-refractivity contribution in [1.82, 2.24) is 4.90 Å². The molecule has 0 fully saturated rings. The number of rotatable bonds is 8. The lowest BCUT2D eigenvalue weighted by Crippen LogP contribution is -2.35. The van der Waals surface area contributed by atoms with Crippen molar-refractivity contribution in [1.29, 1.82) is 0 Å². The van der Waals surface area contributed by atoms with Crippen LogP contribution in [-0.4, -0.2) is 41.8 Å². The van der Waals surface area contributed by atoms with Crippen LogP contribution in [0.1, 0.15) is 23.6 Å². The standard InChI is InChI=1S/C20H25NO3.CO2.ClH/c1-15-4-6-18(7-5-15)14-24-19-10-8-17(9-11-19)12-16(2)21(3)13-20(22)23;2-1-3;/h4-11,16H,12-14H2,1-3H3,(H,22,23);;1H/t16-;;/m1../s1. The van der Waals surface area contributed by atoms with Gasteiger partial charge in [0.25, 0.3) is 0 Å². The van der Waals surface area contributed by atoms with Crippen molar-refractivity contribution in [3.8, 4) is 5.75 Å². The number of benzene rings is 2. The van der Waals surface area contributed by atoms with Crippen LogP contribution in [0.4, 0.5) is 0 Å². The molecule has 0 aromatic heterocycles. The third kappa shape index (κ3) is 9.88. The quantitative estimate of drug-likeness (QED) is 0.722. The van der Waals surface area contributed by atoms with E-state index in [0.717, 1.165) is 17.7 Å². The number of aliphatic carboxylic acids is 1. The average Bonchev–Trinajstić information content (AvgIpc) is 2.62. The number of carbonyl (C=O) groups is 1. The first kappa shape index (κ1) is 25.3. The van der Waals surface area contributed by atoms with E-state index in [1.807, 2.05) is 43.1 Å². The molecule has 0 bridgehead atoms. The highest BCUT2D eigenvalue weighted by molar-refractivity contribution is 5.85. The van der Waals surface area contributed by atoms with E-state index in [0.29, 0.717) is 6.61 Å². The number of carboxylic acid groups (broad SMARTS) is 1. The van der Waals surface area contributed by atoms with Gasteiger partial charge in [0.2, 0.25) is 0 Å². The van der Waals surface area contributed by atoms with E-state index in [1.54, 1.807) is 0 Å². The second kappa shape index (κ2) is 13.5. The monoisotopic (exact) mass is 407 g/mol. The number of carboxylic acids is 1. The lowest BCUT2D eigenvalue weighted by molar-refractivity contribution is -0.191. The van der Waals surface area contributed by atoms with Gasteiger partial charge in [-0.15, -0.1) is 12.4 Å². The second-order valence-electron chi connectivity index (χ2n) is 6.36. The number of likely N-dealkylation sites (N-methyl/N-ethyl adjacent to an activating group) is 1. The summed E-state index contributed by atoms with van der Waals surface area (Å²) in [7, 11) is 1.83. The van der Waals surface area contributed by atoms with Crippen LogP contribution in [0.5, 0.6) is 5.75 Å². The zero-order chi connectivity index (χ0) is 20.2. The van der Waals surface area contributed by atoms with Gasteiger partial charge < -0.3 is 9.84 Å². The Morgan fingerprint density at radius 2 is 1.57 bits per heavy atom. The van der Waals surface area contributed by atoms with Gasteiger partial charge in [-0.25, -0.2) is 0 Å². The Hall–Kier alpha value is -2.66. The van der Waals surface area contributed by atoms with Gasteiger partial charge in [-0.2, -0.15) is 9.59 Å². The summed E-state index contributed by atoms with van der Waals surface area (Å²) in [6.07, 6.45) is 1.06. The Kier molecular flexibility index (Phi) is 12.2. The van der Waals surface area contributed by atoms with Gasteiger partial charge >= 0.3 is 12.1 Å². The van der Waals surface area contributed by atoms with Crippen molar-refractivity contribution in [3.05, 3.63) is 65.2 Å². The van der Waals surface area contributed by atoms with Crippen LogP contribution in [0.3, 0.4) is 0 Å². The summed E-state index contributed by atoms with van der Waals surface area (Å²) in [6.45, 7) is 4.71. The lowest BCUT2D eigenvalue weighted by atomic mass is 10.1. The highest BCUT2D eigenvalue weighted by atomic mass is 35.5. The Morgan fingerprint density at radius 1 is 1.07 bits per heavy atom. The molecule has 2 aromatic carbocycles. The number of nitrogens with zero attached hydrogens (tertiary/aromatic N) is 1. The van der Waals surface area contributed by atoms with Crippen molar-refractivity contribution >= 4 is 24.5 Å². The van der Waals surface area contributed by atoms with Gasteiger partial charge in [0.15, 0.2) is 0 Å². The van der Waals surface area contributed by atoms with Crippen molar-refractivity contribution in [2.45, 2.75) is 32.9 Å². The van der Waals surface area contributed by atoms with E-state index in [2.05, 4.69) is 31.2 Å². The van der Waals surface area contributed by atoms with Crippen LogP contribution in [0.25, 0.3) is 0 Å². The van der Waals surface area contributed by atoms with Crippen LogP contribution in [-0.2, 0) is 27.4 Å². The fraction of sp³-hybridized carbons (Fsp3) is 0.333. The Labute approximate surface area is 171 Å². The molecule has 1 N–H and O–H groups in total. The molecule has 0 amide bonds. The molecule has 0 aliphatic carbocycles. The molecule has 28 heavy (non-hydrogen) atoms. The molecular weight excluding hydrogens is 382 g/mol. The predicted molar refractivity (Wildman–Crippen MR) is 108 cm³/mol. The van der Waals surface area contributed by atoms with Crippen LogP contribution in [0, 0.1) is 6.92 Å². The first-order valence-corrected chi connectivity index (χ1v) is 8.54. The van der Waals surface area contributed by atoms with Crippen molar-refractivity contribution < 1.29 is 24.2 Å². The summed E-state index contributed by atoms with van der Waals surface area (Å²) in [6, 6.07) is 16.5. The smallest absolute Gasteiger partial charge is 0.373 e. The fourth-order valence-electron chi connectivity index (χ4n) is 2.44. The molecule has 0 aliphatic heterocycles. The van der Waals surface area contributed by atoms with E-state index in [4.69, 9.17) is 19.4 Å². The van der Waals surface area contributed by atoms with E-state index in [-0.39, 0.29) is 31.1 Å². The topological polar surface area (TPSA) is 83.9 Å². The number of halogens is 1. The molecular formula is C21H26ClNO5. The molecule has 0 radical (unpaired) electrons. The van der Waals surface area contributed by atoms with Crippen LogP contribution >= 0.6 is 12.4 Å². The minimum absolute atomic E-state index is 0. The van der Waals surface area contributed by atoms with E-state index >= 15 is 0 Å². The molecule has 2 rings (SSSR count). The number of carbonyl (C=O) groups excluding carboxylic acids is 2. The fourth-order valence-corrected chi connectivity index (χ4v) is 2.44. The molecule has 6 nitrogen and oxygen atoms in total. The van der Waals surface area contributed by atoms with E-state index in [1.165, 1.54) is 11.1 Å². The summed E-state index contributed by atoms with van der Waals surface area (Å²) in [5.74, 6) is 0.0371. The van der Waals surface area contributed by atoms with Crippen molar-refractivity contribution in [3.63, 3.8) is 0 Å². The largest absolute Gasteiger partial charge is 0.489 e. The van der Waals surface area contributed by atoms with E-state index < -0.39 is 5.97 Å². The zero-order valence-electron chi connectivity index (χ0n) is 16.3. The lowest BCUT2D eigenvalue weighted by Gasteiger charge is -2.22. The number of hydrogen-bond acceptors (Lipinski definition) is 5. The summed E-state index contributed by atoms with van der Waals surface area (Å²) in [5.41, 5.74) is 3.56. The summed E-state index contributed by atoms with van der Waals surface area (Å²) in [5, 5.41) is 8.85. The van der Waals surface area contributed by atoms with E-state index in [9.17, 15) is 4.79 Å². The zero-order valence-corrected chi connectivity index (χ0v) is 17.1. The maximum Gasteiger partial charge on any atom is 0.373 e. The molecule has 7 heteroatoms. The Balaban J connectivity index is 0.00000171. The van der Waals surface area contributed by atoms with Gasteiger partial charge in [0.1, 0.15) is 12.4 Å². The van der Waals surface area contributed by atoms with Gasteiger partial charge in [-0.05, 0) is 50.6 Å². The maximum atomic E-state index is 10.8. The van der Waals surface area contributed by atoms with Gasteiger partial charge in [0.05, 0.1) is 6.54 Å². The molecule has 0 heterocycles. The number of hydrogen-bond donors (Lipinski definition) is 1. The summed E-state index contributed by atoms with van der Waals surface area (Å²) in [4.78, 5) is 28.8. The first-order chi connectivity index (χ1) is 12.8. The molecule has 0 unspecified atom stereocenters. The Morgan fingerprint density at radius 3 is 2.07 bits per heavy atom. The highest BCUT2D eigenvalue weighted by Gasteiger charge is 2.12. The highest BCUT2D eigenvalue weighted by Crippen LogP contribution is 2.16. The third-order valence-corrected chi connectivity index (χ3v) is 4.12.